The lowest BCUT2D eigenvalue weighted by atomic mass is 9.66. The molecule has 234 valence electrons. The molecule has 1 aromatic carbocycles. The first-order valence-electron chi connectivity index (χ1n) is 15.5. The molecule has 3 amide bonds. The molecule has 1 saturated carbocycles. The summed E-state index contributed by atoms with van der Waals surface area (Å²) < 4.78 is 15.0. The molecule has 6 rings (SSSR count). The normalized spacial score (nSPS) is 23.0. The number of piperazine rings is 1. The SMILES string of the molecule is O=C1CCC(NC(=O)c2ncc(N3CCC4(CCC(N5CCN(c6ccc([N+](=O)[O-])cc6)CC5)CC4)CC3)cc2F)C(=O)N1. The highest BCUT2D eigenvalue weighted by Crippen LogP contribution is 2.46. The summed E-state index contributed by atoms with van der Waals surface area (Å²) in [6.07, 6.45) is 8.59. The summed E-state index contributed by atoms with van der Waals surface area (Å²) in [5, 5.41) is 15.6. The van der Waals surface area contributed by atoms with Crippen LogP contribution in [0, 0.1) is 21.3 Å². The lowest BCUT2D eigenvalue weighted by molar-refractivity contribution is -0.384. The zero-order valence-corrected chi connectivity index (χ0v) is 24.7. The third-order valence-corrected chi connectivity index (χ3v) is 10.0. The van der Waals surface area contributed by atoms with Crippen LogP contribution in [0.15, 0.2) is 36.5 Å². The number of anilines is 2. The molecule has 3 saturated heterocycles. The maximum absolute atomic E-state index is 15.0. The lowest BCUT2D eigenvalue weighted by Gasteiger charge is -2.49. The highest BCUT2D eigenvalue weighted by molar-refractivity contribution is 6.03. The van der Waals surface area contributed by atoms with E-state index < -0.39 is 23.7 Å². The number of benzene rings is 1. The zero-order valence-electron chi connectivity index (χ0n) is 24.7. The lowest BCUT2D eigenvalue weighted by Crippen LogP contribution is -2.52. The van der Waals surface area contributed by atoms with Crippen LogP contribution in [-0.2, 0) is 9.59 Å². The highest BCUT2D eigenvalue weighted by atomic mass is 19.1. The predicted molar refractivity (Wildman–Crippen MR) is 161 cm³/mol. The van der Waals surface area contributed by atoms with Crippen LogP contribution >= 0.6 is 0 Å². The summed E-state index contributed by atoms with van der Waals surface area (Å²) in [4.78, 5) is 57.6. The number of carbonyl (C=O) groups excluding carboxylic acids is 3. The van der Waals surface area contributed by atoms with Crippen molar-refractivity contribution in [1.29, 1.82) is 0 Å². The number of nitro benzene ring substituents is 1. The summed E-state index contributed by atoms with van der Waals surface area (Å²) in [5.74, 6) is -2.49. The zero-order chi connectivity index (χ0) is 30.8. The number of nitro groups is 1. The van der Waals surface area contributed by atoms with Crippen LogP contribution in [0.4, 0.5) is 21.5 Å². The monoisotopic (exact) mass is 607 g/mol. The molecular weight excluding hydrogens is 569 g/mol. The molecule has 1 aliphatic carbocycles. The molecule has 3 aliphatic heterocycles. The number of piperidine rings is 2. The molecular formula is C31H38FN7O5. The van der Waals surface area contributed by atoms with Crippen LogP contribution in [0.3, 0.4) is 0 Å². The third-order valence-electron chi connectivity index (χ3n) is 10.0. The smallest absolute Gasteiger partial charge is 0.273 e. The van der Waals surface area contributed by atoms with Gasteiger partial charge >= 0.3 is 0 Å². The van der Waals surface area contributed by atoms with Gasteiger partial charge in [0.25, 0.3) is 11.6 Å². The first-order chi connectivity index (χ1) is 21.2. The summed E-state index contributed by atoms with van der Waals surface area (Å²) in [6.45, 7) is 5.42. The van der Waals surface area contributed by atoms with E-state index >= 15 is 0 Å². The quantitative estimate of drug-likeness (QED) is 0.288. The second-order valence-electron chi connectivity index (χ2n) is 12.5. The van der Waals surface area contributed by atoms with Crippen molar-refractivity contribution in [2.24, 2.45) is 5.41 Å². The Bertz CT molecular complexity index is 1410. The average molecular weight is 608 g/mol. The van der Waals surface area contributed by atoms with Gasteiger partial charge in [0, 0.05) is 75.6 Å². The van der Waals surface area contributed by atoms with Crippen molar-refractivity contribution < 1.29 is 23.7 Å². The number of amides is 3. The second kappa shape index (κ2) is 12.5. The van der Waals surface area contributed by atoms with Crippen molar-refractivity contribution in [3.05, 3.63) is 58.2 Å². The molecule has 4 fully saturated rings. The fourth-order valence-electron chi connectivity index (χ4n) is 7.28. The molecule has 44 heavy (non-hydrogen) atoms. The van der Waals surface area contributed by atoms with Gasteiger partial charge in [-0.05, 0) is 62.5 Å². The molecule has 1 aromatic heterocycles. The molecule has 12 nitrogen and oxygen atoms in total. The van der Waals surface area contributed by atoms with Gasteiger partial charge in [-0.15, -0.1) is 0 Å². The average Bonchev–Trinajstić information content (AvgIpc) is 3.03. The molecule has 4 aliphatic rings. The van der Waals surface area contributed by atoms with Gasteiger partial charge < -0.3 is 15.1 Å². The molecule has 1 spiro atoms. The van der Waals surface area contributed by atoms with Crippen molar-refractivity contribution in [1.82, 2.24) is 20.5 Å². The van der Waals surface area contributed by atoms with Crippen LogP contribution in [0.2, 0.25) is 0 Å². The van der Waals surface area contributed by atoms with Crippen LogP contribution in [-0.4, -0.2) is 83.9 Å². The van der Waals surface area contributed by atoms with Gasteiger partial charge in [-0.25, -0.2) is 9.37 Å². The molecule has 1 unspecified atom stereocenters. The van der Waals surface area contributed by atoms with Gasteiger partial charge in [0.15, 0.2) is 11.5 Å². The van der Waals surface area contributed by atoms with Crippen molar-refractivity contribution in [2.45, 2.75) is 63.5 Å². The number of non-ortho nitro benzene ring substituents is 1. The minimum atomic E-state index is -0.888. The molecule has 4 heterocycles. The molecule has 13 heteroatoms. The molecule has 0 radical (unpaired) electrons. The third kappa shape index (κ3) is 6.37. The minimum Gasteiger partial charge on any atom is -0.370 e. The van der Waals surface area contributed by atoms with E-state index in [2.05, 4.69) is 30.3 Å². The molecule has 1 atom stereocenters. The summed E-state index contributed by atoms with van der Waals surface area (Å²) >= 11 is 0. The van der Waals surface area contributed by atoms with E-state index in [9.17, 15) is 28.9 Å². The highest BCUT2D eigenvalue weighted by Gasteiger charge is 2.40. The summed E-state index contributed by atoms with van der Waals surface area (Å²) in [6, 6.07) is 7.85. The number of aromatic nitrogens is 1. The van der Waals surface area contributed by atoms with E-state index in [1.165, 1.54) is 37.9 Å². The van der Waals surface area contributed by atoms with Gasteiger partial charge in [-0.2, -0.15) is 0 Å². The molecule has 2 N–H and O–H groups in total. The Balaban J connectivity index is 0.962. The fraction of sp³-hybridized carbons (Fsp3) is 0.548. The Kier molecular flexibility index (Phi) is 8.48. The van der Waals surface area contributed by atoms with E-state index in [1.807, 2.05) is 12.1 Å². The van der Waals surface area contributed by atoms with E-state index in [0.717, 1.165) is 57.8 Å². The topological polar surface area (TPSA) is 141 Å². The Morgan fingerprint density at radius 3 is 2.23 bits per heavy atom. The van der Waals surface area contributed by atoms with E-state index in [-0.39, 0.29) is 35.1 Å². The number of carbonyl (C=O) groups is 3. The van der Waals surface area contributed by atoms with Gasteiger partial charge in [0.2, 0.25) is 11.8 Å². The Labute approximate surface area is 255 Å². The van der Waals surface area contributed by atoms with E-state index in [0.29, 0.717) is 17.1 Å². The van der Waals surface area contributed by atoms with E-state index in [1.54, 1.807) is 12.1 Å². The largest absolute Gasteiger partial charge is 0.370 e. The Morgan fingerprint density at radius 1 is 0.955 bits per heavy atom. The van der Waals surface area contributed by atoms with Crippen molar-refractivity contribution in [3.63, 3.8) is 0 Å². The number of nitrogens with zero attached hydrogens (tertiary/aromatic N) is 5. The van der Waals surface area contributed by atoms with Gasteiger partial charge in [0.05, 0.1) is 16.8 Å². The minimum absolute atomic E-state index is 0.115. The van der Waals surface area contributed by atoms with Crippen LogP contribution < -0.4 is 20.4 Å². The molecule has 2 aromatic rings. The van der Waals surface area contributed by atoms with E-state index in [4.69, 9.17) is 0 Å². The first kappa shape index (κ1) is 29.9. The number of rotatable bonds is 6. The number of hydrogen-bond donors (Lipinski definition) is 2. The number of hydrogen-bond acceptors (Lipinski definition) is 9. The van der Waals surface area contributed by atoms with Crippen LogP contribution in [0.5, 0.6) is 0 Å². The summed E-state index contributed by atoms with van der Waals surface area (Å²) in [5.41, 5.74) is 1.74. The number of nitrogens with one attached hydrogen (secondary N) is 2. The van der Waals surface area contributed by atoms with Crippen LogP contribution in [0.25, 0.3) is 0 Å². The predicted octanol–water partition coefficient (Wildman–Crippen LogP) is 3.02. The second-order valence-corrected chi connectivity index (χ2v) is 12.5. The van der Waals surface area contributed by atoms with Crippen molar-refractivity contribution in [2.75, 3.05) is 49.1 Å². The van der Waals surface area contributed by atoms with Crippen molar-refractivity contribution >= 4 is 34.8 Å². The van der Waals surface area contributed by atoms with Gasteiger partial charge in [-0.3, -0.25) is 34.7 Å². The summed E-state index contributed by atoms with van der Waals surface area (Å²) in [7, 11) is 0. The van der Waals surface area contributed by atoms with Gasteiger partial charge in [-0.1, -0.05) is 0 Å². The molecule has 0 bridgehead atoms. The number of halogens is 1. The Morgan fingerprint density at radius 2 is 1.61 bits per heavy atom. The first-order valence-corrected chi connectivity index (χ1v) is 15.5. The fourth-order valence-corrected chi connectivity index (χ4v) is 7.28. The Hall–Kier alpha value is -4.13. The number of imide groups is 1. The number of pyridine rings is 1. The van der Waals surface area contributed by atoms with Crippen molar-refractivity contribution in [3.8, 4) is 0 Å². The van der Waals surface area contributed by atoms with Crippen LogP contribution in [0.1, 0.15) is 61.9 Å². The maximum atomic E-state index is 15.0. The maximum Gasteiger partial charge on any atom is 0.273 e. The standard InChI is InChI=1S/C31H38FN7O5/c32-25-19-24(20-33-28(25)30(42)34-26-5-6-27(40)35-29(26)41)36-13-11-31(12-14-36)9-7-22(8-10-31)38-17-15-37(16-18-38)21-1-3-23(4-2-21)39(43)44/h1-4,19-20,22,26H,5-18H2,(H,34,42)(H,35,40,41). The van der Waals surface area contributed by atoms with Gasteiger partial charge in [0.1, 0.15) is 6.04 Å².